The summed E-state index contributed by atoms with van der Waals surface area (Å²) in [6.45, 7) is 0. The van der Waals surface area contributed by atoms with Gasteiger partial charge in [-0.2, -0.15) is 0 Å². The topological polar surface area (TPSA) is 73.1 Å². The summed E-state index contributed by atoms with van der Waals surface area (Å²) >= 11 is 6.26. The van der Waals surface area contributed by atoms with Crippen LogP contribution in [0.25, 0.3) is 23.1 Å². The third-order valence-electron chi connectivity index (χ3n) is 5.35. The van der Waals surface area contributed by atoms with Crippen molar-refractivity contribution in [2.45, 2.75) is 37.8 Å². The highest BCUT2D eigenvalue weighted by molar-refractivity contribution is 6.32. The van der Waals surface area contributed by atoms with Crippen molar-refractivity contribution in [2.75, 3.05) is 12.4 Å². The van der Waals surface area contributed by atoms with Crippen LogP contribution in [-0.4, -0.2) is 29.2 Å². The number of methoxy groups -OCH3 is 1. The number of hydrogen-bond donors (Lipinski definition) is 2. The predicted molar refractivity (Wildman–Crippen MR) is 120 cm³/mol. The van der Waals surface area contributed by atoms with E-state index in [-0.39, 0.29) is 0 Å². The molecule has 29 heavy (non-hydrogen) atoms. The molecule has 1 heterocycles. The number of anilines is 1. The van der Waals surface area contributed by atoms with Gasteiger partial charge in [-0.3, -0.25) is 0 Å². The standard InChI is InChI=1S/C23H25ClN4O/c1-29-18-11-12-21-19(14-18)23(26-17-9-7-16(25)8-10-17)28-22(27-21)13-6-15-4-2-3-5-20(15)24/h2-6,11-14,16-17H,7-10,25H2,1H3,(H,26,27,28)/b13-6+. The van der Waals surface area contributed by atoms with Gasteiger partial charge in [-0.25, -0.2) is 9.97 Å². The zero-order valence-electron chi connectivity index (χ0n) is 16.4. The predicted octanol–water partition coefficient (Wildman–Crippen LogP) is 5.14. The molecule has 1 aliphatic rings. The molecule has 5 nitrogen and oxygen atoms in total. The van der Waals surface area contributed by atoms with Gasteiger partial charge in [0, 0.05) is 22.5 Å². The largest absolute Gasteiger partial charge is 0.497 e. The third-order valence-corrected chi connectivity index (χ3v) is 5.69. The van der Waals surface area contributed by atoms with Gasteiger partial charge < -0.3 is 15.8 Å². The Balaban J connectivity index is 1.69. The monoisotopic (exact) mass is 408 g/mol. The van der Waals surface area contributed by atoms with Crippen molar-refractivity contribution >= 4 is 40.5 Å². The summed E-state index contributed by atoms with van der Waals surface area (Å²) in [6, 6.07) is 14.2. The van der Waals surface area contributed by atoms with Crippen molar-refractivity contribution in [3.63, 3.8) is 0 Å². The van der Waals surface area contributed by atoms with E-state index in [0.717, 1.165) is 53.7 Å². The number of rotatable bonds is 5. The normalized spacial score (nSPS) is 19.6. The molecule has 0 bridgehead atoms. The molecular weight excluding hydrogens is 384 g/mol. The fourth-order valence-corrected chi connectivity index (χ4v) is 3.87. The second-order valence-corrected chi connectivity index (χ2v) is 7.83. The van der Waals surface area contributed by atoms with E-state index < -0.39 is 0 Å². The van der Waals surface area contributed by atoms with E-state index in [0.29, 0.717) is 22.9 Å². The molecule has 1 aliphatic carbocycles. The van der Waals surface area contributed by atoms with E-state index in [9.17, 15) is 0 Å². The number of nitrogens with two attached hydrogens (primary N) is 1. The van der Waals surface area contributed by atoms with E-state index in [1.807, 2.05) is 54.6 Å². The zero-order valence-corrected chi connectivity index (χ0v) is 17.2. The summed E-state index contributed by atoms with van der Waals surface area (Å²) in [7, 11) is 1.67. The van der Waals surface area contributed by atoms with Crippen molar-refractivity contribution < 1.29 is 4.74 Å². The van der Waals surface area contributed by atoms with Gasteiger partial charge in [0.2, 0.25) is 0 Å². The number of fused-ring (bicyclic) bond motifs is 1. The van der Waals surface area contributed by atoms with E-state index >= 15 is 0 Å². The highest BCUT2D eigenvalue weighted by atomic mass is 35.5. The molecule has 0 radical (unpaired) electrons. The van der Waals surface area contributed by atoms with Gasteiger partial charge in [0.1, 0.15) is 11.6 Å². The quantitative estimate of drug-likeness (QED) is 0.611. The van der Waals surface area contributed by atoms with Crippen molar-refractivity contribution in [2.24, 2.45) is 5.73 Å². The second-order valence-electron chi connectivity index (χ2n) is 7.42. The molecule has 1 saturated carbocycles. The second kappa shape index (κ2) is 8.80. The van der Waals surface area contributed by atoms with Crippen LogP contribution >= 0.6 is 11.6 Å². The van der Waals surface area contributed by atoms with Crippen LogP contribution in [0.5, 0.6) is 5.75 Å². The molecule has 0 amide bonds. The number of ether oxygens (including phenoxy) is 1. The van der Waals surface area contributed by atoms with Crippen LogP contribution in [0.3, 0.4) is 0 Å². The van der Waals surface area contributed by atoms with Crippen molar-refractivity contribution in [1.82, 2.24) is 9.97 Å². The van der Waals surface area contributed by atoms with Crippen LogP contribution in [0, 0.1) is 0 Å². The summed E-state index contributed by atoms with van der Waals surface area (Å²) in [4.78, 5) is 9.50. The van der Waals surface area contributed by atoms with Crippen molar-refractivity contribution in [1.29, 1.82) is 0 Å². The van der Waals surface area contributed by atoms with Gasteiger partial charge in [0.25, 0.3) is 0 Å². The summed E-state index contributed by atoms with van der Waals surface area (Å²) in [5.74, 6) is 2.25. The van der Waals surface area contributed by atoms with E-state index in [1.165, 1.54) is 0 Å². The maximum absolute atomic E-state index is 6.26. The molecule has 0 aliphatic heterocycles. The van der Waals surface area contributed by atoms with Gasteiger partial charge >= 0.3 is 0 Å². The van der Waals surface area contributed by atoms with Crippen molar-refractivity contribution in [3.05, 3.63) is 58.9 Å². The first kappa shape index (κ1) is 19.7. The number of benzene rings is 2. The molecule has 150 valence electrons. The Hall–Kier alpha value is -2.63. The van der Waals surface area contributed by atoms with Gasteiger partial charge in [0.05, 0.1) is 12.6 Å². The number of halogens is 1. The number of aromatic nitrogens is 2. The average molecular weight is 409 g/mol. The lowest BCUT2D eigenvalue weighted by Crippen LogP contribution is -2.33. The maximum atomic E-state index is 6.26. The highest BCUT2D eigenvalue weighted by Gasteiger charge is 2.20. The van der Waals surface area contributed by atoms with Crippen LogP contribution < -0.4 is 15.8 Å². The molecule has 1 aromatic heterocycles. The van der Waals surface area contributed by atoms with Gasteiger partial charge in [-0.1, -0.05) is 29.8 Å². The Morgan fingerprint density at radius 2 is 1.86 bits per heavy atom. The minimum Gasteiger partial charge on any atom is -0.497 e. The van der Waals surface area contributed by atoms with Gasteiger partial charge in [0.15, 0.2) is 5.82 Å². The minimum atomic E-state index is 0.310. The molecule has 0 saturated heterocycles. The zero-order chi connectivity index (χ0) is 20.2. The first-order valence-electron chi connectivity index (χ1n) is 9.93. The van der Waals surface area contributed by atoms with Crippen LogP contribution in [-0.2, 0) is 0 Å². The first-order chi connectivity index (χ1) is 14.1. The van der Waals surface area contributed by atoms with Gasteiger partial charge in [-0.05, 0) is 67.7 Å². The van der Waals surface area contributed by atoms with Crippen molar-refractivity contribution in [3.8, 4) is 5.75 Å². The minimum absolute atomic E-state index is 0.310. The summed E-state index contributed by atoms with van der Waals surface area (Å²) in [5.41, 5.74) is 7.86. The fourth-order valence-electron chi connectivity index (χ4n) is 3.67. The lowest BCUT2D eigenvalue weighted by atomic mass is 9.92. The third kappa shape index (κ3) is 4.69. The molecule has 3 aromatic rings. The SMILES string of the molecule is COc1ccc2nc(/C=C/c3ccccc3Cl)nc(NC3CCC(N)CC3)c2c1. The fraction of sp³-hybridized carbons (Fsp3) is 0.304. The molecule has 4 rings (SSSR count). The number of nitrogens with zero attached hydrogens (tertiary/aromatic N) is 2. The summed E-state index contributed by atoms with van der Waals surface area (Å²) < 4.78 is 5.40. The van der Waals surface area contributed by atoms with E-state index in [2.05, 4.69) is 5.32 Å². The maximum Gasteiger partial charge on any atom is 0.154 e. The molecule has 2 aromatic carbocycles. The molecule has 0 atom stereocenters. The molecule has 6 heteroatoms. The Kier molecular flexibility index (Phi) is 5.97. The molecule has 0 unspecified atom stereocenters. The molecule has 1 fully saturated rings. The lowest BCUT2D eigenvalue weighted by molar-refractivity contribution is 0.410. The van der Waals surface area contributed by atoms with Crippen LogP contribution in [0.4, 0.5) is 5.82 Å². The molecular formula is C23H25ClN4O. The Bertz CT molecular complexity index is 1030. The number of nitrogens with one attached hydrogen (secondary N) is 1. The molecule has 0 spiro atoms. The summed E-state index contributed by atoms with van der Waals surface area (Å²) in [5, 5.41) is 5.28. The highest BCUT2D eigenvalue weighted by Crippen LogP contribution is 2.29. The van der Waals surface area contributed by atoms with Crippen LogP contribution in [0.1, 0.15) is 37.1 Å². The Labute approximate surface area is 176 Å². The summed E-state index contributed by atoms with van der Waals surface area (Å²) in [6.07, 6.45) is 7.98. The van der Waals surface area contributed by atoms with E-state index in [1.54, 1.807) is 7.11 Å². The van der Waals surface area contributed by atoms with E-state index in [4.69, 9.17) is 32.0 Å². The lowest BCUT2D eigenvalue weighted by Gasteiger charge is -2.27. The van der Waals surface area contributed by atoms with Crippen LogP contribution in [0.2, 0.25) is 5.02 Å². The van der Waals surface area contributed by atoms with Gasteiger partial charge in [-0.15, -0.1) is 0 Å². The Morgan fingerprint density at radius 1 is 1.07 bits per heavy atom. The first-order valence-corrected chi connectivity index (χ1v) is 10.3. The number of hydrogen-bond acceptors (Lipinski definition) is 5. The average Bonchev–Trinajstić information content (AvgIpc) is 2.74. The smallest absolute Gasteiger partial charge is 0.154 e. The van der Waals surface area contributed by atoms with Crippen LogP contribution in [0.15, 0.2) is 42.5 Å². The Morgan fingerprint density at radius 3 is 2.62 bits per heavy atom. The molecule has 3 N–H and O–H groups in total.